The molecular formula is C14H15N3O3. The van der Waals surface area contributed by atoms with E-state index in [9.17, 15) is 4.79 Å². The van der Waals surface area contributed by atoms with Gasteiger partial charge >= 0.3 is 0 Å². The van der Waals surface area contributed by atoms with Crippen LogP contribution in [0.4, 0.5) is 5.69 Å². The van der Waals surface area contributed by atoms with Crippen LogP contribution in [0.25, 0.3) is 11.3 Å². The van der Waals surface area contributed by atoms with E-state index in [1.54, 1.807) is 0 Å². The summed E-state index contributed by atoms with van der Waals surface area (Å²) in [6.07, 6.45) is 0.699. The summed E-state index contributed by atoms with van der Waals surface area (Å²) < 4.78 is 10.7. The van der Waals surface area contributed by atoms with Gasteiger partial charge in [-0.1, -0.05) is 5.16 Å². The Hall–Kier alpha value is -2.34. The Morgan fingerprint density at radius 2 is 2.30 bits per heavy atom. The number of benzene rings is 1. The Morgan fingerprint density at radius 1 is 1.45 bits per heavy atom. The maximum atomic E-state index is 11.4. The van der Waals surface area contributed by atoms with E-state index in [1.807, 2.05) is 25.1 Å². The van der Waals surface area contributed by atoms with Crippen LogP contribution in [-0.4, -0.2) is 24.2 Å². The van der Waals surface area contributed by atoms with Crippen LogP contribution in [0.1, 0.15) is 11.3 Å². The first-order chi connectivity index (χ1) is 9.69. The molecule has 0 saturated carbocycles. The largest absolute Gasteiger partial charge is 0.482 e. The number of aryl methyl sites for hydroxylation is 1. The number of ether oxygens (including phenoxy) is 1. The van der Waals surface area contributed by atoms with Gasteiger partial charge < -0.3 is 20.3 Å². The van der Waals surface area contributed by atoms with Gasteiger partial charge in [0, 0.05) is 11.1 Å². The zero-order valence-corrected chi connectivity index (χ0v) is 11.1. The lowest BCUT2D eigenvalue weighted by atomic mass is 10.0. The third-order valence-corrected chi connectivity index (χ3v) is 3.25. The molecule has 0 bridgehead atoms. The highest BCUT2D eigenvalue weighted by Crippen LogP contribution is 2.34. The number of anilines is 1. The summed E-state index contributed by atoms with van der Waals surface area (Å²) in [6, 6.07) is 5.52. The number of aromatic nitrogens is 1. The molecule has 2 aromatic rings. The van der Waals surface area contributed by atoms with Gasteiger partial charge in [0.15, 0.2) is 12.4 Å². The molecule has 0 aliphatic carbocycles. The zero-order valence-electron chi connectivity index (χ0n) is 11.1. The molecule has 3 N–H and O–H groups in total. The molecule has 104 valence electrons. The van der Waals surface area contributed by atoms with Crippen LogP contribution in [0.3, 0.4) is 0 Å². The van der Waals surface area contributed by atoms with E-state index in [1.165, 1.54) is 0 Å². The van der Waals surface area contributed by atoms with Gasteiger partial charge in [-0.3, -0.25) is 4.79 Å². The Kier molecular flexibility index (Phi) is 3.15. The summed E-state index contributed by atoms with van der Waals surface area (Å²) in [7, 11) is 0. The van der Waals surface area contributed by atoms with Crippen LogP contribution in [0.5, 0.6) is 5.75 Å². The van der Waals surface area contributed by atoms with Crippen molar-refractivity contribution >= 4 is 11.6 Å². The van der Waals surface area contributed by atoms with Crippen molar-refractivity contribution in [2.45, 2.75) is 13.3 Å². The number of amides is 1. The number of hydrogen-bond acceptors (Lipinski definition) is 5. The number of carbonyl (C=O) groups is 1. The van der Waals surface area contributed by atoms with Gasteiger partial charge in [0.05, 0.1) is 11.4 Å². The van der Waals surface area contributed by atoms with Crippen LogP contribution >= 0.6 is 0 Å². The molecule has 6 heteroatoms. The second-order valence-corrected chi connectivity index (χ2v) is 4.66. The number of nitrogens with zero attached hydrogens (tertiary/aromatic N) is 1. The predicted octanol–water partition coefficient (Wildman–Crippen LogP) is 1.48. The number of carbonyl (C=O) groups excluding carboxylic acids is 1. The fourth-order valence-corrected chi connectivity index (χ4v) is 2.28. The molecule has 1 aromatic carbocycles. The van der Waals surface area contributed by atoms with Gasteiger partial charge in [0.2, 0.25) is 0 Å². The number of nitrogens with one attached hydrogen (secondary N) is 1. The fraction of sp³-hybridized carbons (Fsp3) is 0.286. The molecule has 20 heavy (non-hydrogen) atoms. The lowest BCUT2D eigenvalue weighted by Crippen LogP contribution is -2.25. The van der Waals surface area contributed by atoms with Gasteiger partial charge in [0.1, 0.15) is 5.75 Å². The van der Waals surface area contributed by atoms with E-state index in [2.05, 4.69) is 10.5 Å². The highest BCUT2D eigenvalue weighted by molar-refractivity contribution is 5.96. The summed E-state index contributed by atoms with van der Waals surface area (Å²) in [5, 5.41) is 6.77. The topological polar surface area (TPSA) is 90.4 Å². The minimum atomic E-state index is -0.161. The fourth-order valence-electron chi connectivity index (χ4n) is 2.28. The van der Waals surface area contributed by atoms with Crippen LogP contribution in [0.2, 0.25) is 0 Å². The van der Waals surface area contributed by atoms with E-state index in [0.717, 1.165) is 16.8 Å². The van der Waals surface area contributed by atoms with Gasteiger partial charge in [-0.05, 0) is 38.1 Å². The Morgan fingerprint density at radius 3 is 3.10 bits per heavy atom. The van der Waals surface area contributed by atoms with Crippen LogP contribution in [-0.2, 0) is 11.2 Å². The van der Waals surface area contributed by atoms with Crippen molar-refractivity contribution in [3.05, 3.63) is 29.5 Å². The van der Waals surface area contributed by atoms with Crippen LogP contribution < -0.4 is 15.8 Å². The van der Waals surface area contributed by atoms with Gasteiger partial charge in [0.25, 0.3) is 5.91 Å². The lowest BCUT2D eigenvalue weighted by Gasteiger charge is -2.18. The SMILES string of the molecule is Cc1noc(-c2ccc3c(c2)NC(=O)CO3)c1CCN. The molecule has 0 unspecified atom stereocenters. The maximum Gasteiger partial charge on any atom is 0.262 e. The monoisotopic (exact) mass is 273 g/mol. The Labute approximate surface area is 115 Å². The second kappa shape index (κ2) is 4.97. The number of hydrogen-bond donors (Lipinski definition) is 2. The molecule has 0 spiro atoms. The molecule has 0 atom stereocenters. The average Bonchev–Trinajstić information content (AvgIpc) is 2.80. The number of nitrogens with two attached hydrogens (primary N) is 1. The van der Waals surface area contributed by atoms with Crippen molar-refractivity contribution in [2.75, 3.05) is 18.5 Å². The standard InChI is InChI=1S/C14H15N3O3/c1-8-10(4-5-15)14(20-17-8)9-2-3-12-11(6-9)16-13(18)7-19-12/h2-3,6H,4-5,7,15H2,1H3,(H,16,18). The van der Waals surface area contributed by atoms with Crippen molar-refractivity contribution < 1.29 is 14.1 Å². The van der Waals surface area contributed by atoms with Crippen LogP contribution in [0, 0.1) is 6.92 Å². The first-order valence-corrected chi connectivity index (χ1v) is 6.41. The number of rotatable bonds is 3. The minimum Gasteiger partial charge on any atom is -0.482 e. The lowest BCUT2D eigenvalue weighted by molar-refractivity contribution is -0.118. The van der Waals surface area contributed by atoms with Crippen molar-refractivity contribution in [3.8, 4) is 17.1 Å². The molecule has 1 aliphatic heterocycles. The molecule has 1 aliphatic rings. The quantitative estimate of drug-likeness (QED) is 0.884. The van der Waals surface area contributed by atoms with E-state index >= 15 is 0 Å². The Bertz CT molecular complexity index is 664. The molecule has 1 aromatic heterocycles. The zero-order chi connectivity index (χ0) is 14.1. The smallest absolute Gasteiger partial charge is 0.262 e. The highest BCUT2D eigenvalue weighted by atomic mass is 16.5. The first kappa shape index (κ1) is 12.7. The van der Waals surface area contributed by atoms with Gasteiger partial charge in [-0.25, -0.2) is 0 Å². The molecule has 6 nitrogen and oxygen atoms in total. The number of fused-ring (bicyclic) bond motifs is 1. The summed E-state index contributed by atoms with van der Waals surface area (Å²) in [6.45, 7) is 2.47. The normalized spacial score (nSPS) is 13.6. The van der Waals surface area contributed by atoms with E-state index in [4.69, 9.17) is 15.0 Å². The van der Waals surface area contributed by atoms with Crippen molar-refractivity contribution in [2.24, 2.45) is 5.73 Å². The third kappa shape index (κ3) is 2.14. The second-order valence-electron chi connectivity index (χ2n) is 4.66. The molecule has 1 amide bonds. The minimum absolute atomic E-state index is 0.0478. The summed E-state index contributed by atoms with van der Waals surface area (Å²) in [5.74, 6) is 1.19. The summed E-state index contributed by atoms with van der Waals surface area (Å²) in [4.78, 5) is 11.4. The maximum absolute atomic E-state index is 11.4. The molecule has 2 heterocycles. The van der Waals surface area contributed by atoms with Crippen molar-refractivity contribution in [3.63, 3.8) is 0 Å². The van der Waals surface area contributed by atoms with Crippen molar-refractivity contribution in [1.82, 2.24) is 5.16 Å². The van der Waals surface area contributed by atoms with E-state index in [-0.39, 0.29) is 12.5 Å². The summed E-state index contributed by atoms with van der Waals surface area (Å²) >= 11 is 0. The van der Waals surface area contributed by atoms with E-state index in [0.29, 0.717) is 30.2 Å². The van der Waals surface area contributed by atoms with Crippen LogP contribution in [0.15, 0.2) is 22.7 Å². The summed E-state index contributed by atoms with van der Waals surface area (Å²) in [5.41, 5.74) is 8.94. The highest BCUT2D eigenvalue weighted by Gasteiger charge is 2.19. The van der Waals surface area contributed by atoms with Gasteiger partial charge in [-0.15, -0.1) is 0 Å². The molecule has 0 radical (unpaired) electrons. The van der Waals surface area contributed by atoms with Gasteiger partial charge in [-0.2, -0.15) is 0 Å². The molecule has 0 fully saturated rings. The third-order valence-electron chi connectivity index (χ3n) is 3.25. The predicted molar refractivity (Wildman–Crippen MR) is 73.6 cm³/mol. The molecule has 3 rings (SSSR count). The Balaban J connectivity index is 2.03. The average molecular weight is 273 g/mol. The first-order valence-electron chi connectivity index (χ1n) is 6.41. The van der Waals surface area contributed by atoms with Crippen molar-refractivity contribution in [1.29, 1.82) is 0 Å². The molecule has 0 saturated heterocycles. The molecular weight excluding hydrogens is 258 g/mol. The van der Waals surface area contributed by atoms with E-state index < -0.39 is 0 Å².